The van der Waals surface area contributed by atoms with Crippen molar-refractivity contribution in [2.45, 2.75) is 19.4 Å². The molecule has 1 saturated carbocycles. The van der Waals surface area contributed by atoms with Crippen LogP contribution in [-0.2, 0) is 16.1 Å². The first kappa shape index (κ1) is 22.6. The molecule has 3 aliphatic carbocycles. The second-order valence-electron chi connectivity index (χ2n) is 8.97. The zero-order valence-electron chi connectivity index (χ0n) is 19.0. The number of non-ortho nitro benzene ring substituents is 1. The van der Waals surface area contributed by atoms with E-state index in [-0.39, 0.29) is 53.4 Å². The highest BCUT2D eigenvalue weighted by atomic mass is 16.6. The van der Waals surface area contributed by atoms with E-state index in [1.165, 1.54) is 30.2 Å². The van der Waals surface area contributed by atoms with Gasteiger partial charge >= 0.3 is 6.03 Å². The first-order chi connectivity index (χ1) is 16.9. The van der Waals surface area contributed by atoms with E-state index in [9.17, 15) is 24.5 Å². The molecular formula is C25H24N4O6. The summed E-state index contributed by atoms with van der Waals surface area (Å²) in [5.41, 5.74) is 1.29. The van der Waals surface area contributed by atoms with Gasteiger partial charge in [-0.2, -0.15) is 0 Å². The number of carbonyl (C=O) groups is 3. The number of nitro groups is 1. The fourth-order valence-electron chi connectivity index (χ4n) is 5.35. The summed E-state index contributed by atoms with van der Waals surface area (Å²) in [5.74, 6) is -0.218. The largest absolute Gasteiger partial charge is 0.495 e. The van der Waals surface area contributed by atoms with Gasteiger partial charge in [-0.15, -0.1) is 0 Å². The molecule has 0 aromatic heterocycles. The third-order valence-corrected chi connectivity index (χ3v) is 7.05. The van der Waals surface area contributed by atoms with Gasteiger partial charge in [0.15, 0.2) is 0 Å². The molecule has 35 heavy (non-hydrogen) atoms. The normalized spacial score (nSPS) is 24.3. The zero-order valence-corrected chi connectivity index (χ0v) is 19.0. The van der Waals surface area contributed by atoms with Crippen LogP contribution in [0.5, 0.6) is 5.75 Å². The molecule has 2 N–H and O–H groups in total. The number of urea groups is 1. The maximum absolute atomic E-state index is 13.1. The number of nitrogens with one attached hydrogen (secondary N) is 2. The molecule has 2 fully saturated rings. The van der Waals surface area contributed by atoms with Gasteiger partial charge in [-0.1, -0.05) is 24.3 Å². The first-order valence-corrected chi connectivity index (χ1v) is 11.4. The monoisotopic (exact) mass is 476 g/mol. The van der Waals surface area contributed by atoms with Gasteiger partial charge in [0.25, 0.3) is 5.69 Å². The molecule has 10 heteroatoms. The number of anilines is 2. The molecule has 180 valence electrons. The Morgan fingerprint density at radius 3 is 2.23 bits per heavy atom. The van der Waals surface area contributed by atoms with Gasteiger partial charge in [0.1, 0.15) is 5.75 Å². The Hall–Kier alpha value is -4.21. The van der Waals surface area contributed by atoms with E-state index in [2.05, 4.69) is 22.8 Å². The van der Waals surface area contributed by atoms with Crippen molar-refractivity contribution in [2.75, 3.05) is 17.3 Å². The fraction of sp³-hybridized carbons (Fsp3) is 0.320. The van der Waals surface area contributed by atoms with Gasteiger partial charge in [0, 0.05) is 18.7 Å². The highest BCUT2D eigenvalue weighted by Gasteiger charge is 2.56. The Bertz CT molecular complexity index is 1210. The molecule has 10 nitrogen and oxygen atoms in total. The van der Waals surface area contributed by atoms with E-state index in [1.54, 1.807) is 24.3 Å². The molecule has 1 aliphatic heterocycles. The number of carbonyl (C=O) groups excluding carboxylic acids is 3. The van der Waals surface area contributed by atoms with E-state index in [0.717, 1.165) is 18.4 Å². The molecule has 0 radical (unpaired) electrons. The number of benzene rings is 2. The summed E-state index contributed by atoms with van der Waals surface area (Å²) in [6, 6.07) is 10.3. The van der Waals surface area contributed by atoms with Crippen LogP contribution in [0.2, 0.25) is 0 Å². The van der Waals surface area contributed by atoms with Gasteiger partial charge in [0.2, 0.25) is 11.8 Å². The summed E-state index contributed by atoms with van der Waals surface area (Å²) >= 11 is 0. The van der Waals surface area contributed by atoms with Crippen LogP contribution in [0.15, 0.2) is 54.6 Å². The summed E-state index contributed by atoms with van der Waals surface area (Å²) in [4.78, 5) is 50.3. The number of hydrogen-bond donors (Lipinski definition) is 2. The molecule has 2 aromatic carbocycles. The van der Waals surface area contributed by atoms with Crippen LogP contribution in [0.3, 0.4) is 0 Å². The molecule has 6 rings (SSSR count). The smallest absolute Gasteiger partial charge is 0.319 e. The zero-order chi connectivity index (χ0) is 24.7. The molecule has 4 unspecified atom stereocenters. The van der Waals surface area contributed by atoms with E-state index in [1.807, 2.05) is 0 Å². The Labute approximate surface area is 201 Å². The number of hydrogen-bond acceptors (Lipinski definition) is 6. The topological polar surface area (TPSA) is 131 Å². The predicted octanol–water partition coefficient (Wildman–Crippen LogP) is 3.63. The molecular weight excluding hydrogens is 452 g/mol. The van der Waals surface area contributed by atoms with Crippen molar-refractivity contribution in [1.29, 1.82) is 0 Å². The lowest BCUT2D eigenvalue weighted by Crippen LogP contribution is -2.38. The minimum atomic E-state index is -0.565. The van der Waals surface area contributed by atoms with Crippen molar-refractivity contribution in [1.82, 2.24) is 5.32 Å². The average molecular weight is 476 g/mol. The van der Waals surface area contributed by atoms with Crippen LogP contribution >= 0.6 is 0 Å². The summed E-state index contributed by atoms with van der Waals surface area (Å²) in [6.45, 7) is 0.171. The second kappa shape index (κ2) is 8.86. The molecule has 1 saturated heterocycles. The number of amides is 4. The van der Waals surface area contributed by atoms with Crippen LogP contribution < -0.4 is 20.3 Å². The standard InChI is InChI=1S/C25H24N4O6/c1-35-20-11-10-18(29(33)34)12-19(20)27-25(32)26-13-14-2-8-17(9-3-14)28-23(30)21-15-4-5-16(7-6-15)22(21)24(28)31/h2-5,8-12,15-16,21-22H,6-7,13H2,1H3,(H2,26,27,32). The number of ether oxygens (including phenoxy) is 1. The number of methoxy groups -OCH3 is 1. The molecule has 1 heterocycles. The van der Waals surface area contributed by atoms with Crippen LogP contribution in [0, 0.1) is 33.8 Å². The third-order valence-electron chi connectivity index (χ3n) is 7.05. The molecule has 0 spiro atoms. The van der Waals surface area contributed by atoms with Crippen LogP contribution in [0.25, 0.3) is 0 Å². The predicted molar refractivity (Wildman–Crippen MR) is 127 cm³/mol. The minimum Gasteiger partial charge on any atom is -0.495 e. The summed E-state index contributed by atoms with van der Waals surface area (Å²) in [7, 11) is 1.40. The van der Waals surface area contributed by atoms with Crippen molar-refractivity contribution < 1.29 is 24.0 Å². The first-order valence-electron chi connectivity index (χ1n) is 11.4. The van der Waals surface area contributed by atoms with Crippen LogP contribution in [0.1, 0.15) is 18.4 Å². The van der Waals surface area contributed by atoms with E-state index in [0.29, 0.717) is 11.4 Å². The van der Waals surface area contributed by atoms with E-state index >= 15 is 0 Å². The van der Waals surface area contributed by atoms with Gasteiger partial charge < -0.3 is 15.4 Å². The van der Waals surface area contributed by atoms with Crippen molar-refractivity contribution >= 4 is 34.9 Å². The minimum absolute atomic E-state index is 0.129. The summed E-state index contributed by atoms with van der Waals surface area (Å²) in [5, 5.41) is 16.2. The van der Waals surface area contributed by atoms with Crippen molar-refractivity contribution in [2.24, 2.45) is 23.7 Å². The molecule has 4 aliphatic rings. The highest BCUT2D eigenvalue weighted by Crippen LogP contribution is 2.50. The number of allylic oxidation sites excluding steroid dienone is 2. The number of fused-ring (bicyclic) bond motifs is 1. The number of nitrogens with zero attached hydrogens (tertiary/aromatic N) is 2. The molecule has 2 bridgehead atoms. The Kier molecular flexibility index (Phi) is 5.72. The summed E-state index contributed by atoms with van der Waals surface area (Å²) < 4.78 is 5.15. The second-order valence-corrected chi connectivity index (χ2v) is 8.97. The third kappa shape index (κ3) is 4.01. The maximum Gasteiger partial charge on any atom is 0.319 e. The number of nitro benzene ring substituents is 1. The molecule has 4 atom stereocenters. The lowest BCUT2D eigenvalue weighted by atomic mass is 9.63. The summed E-state index contributed by atoms with van der Waals surface area (Å²) in [6.07, 6.45) is 6.08. The Balaban J connectivity index is 1.23. The van der Waals surface area contributed by atoms with E-state index in [4.69, 9.17) is 4.74 Å². The van der Waals surface area contributed by atoms with Gasteiger partial charge in [-0.05, 0) is 48.4 Å². The lowest BCUT2D eigenvalue weighted by Gasteiger charge is -2.38. The Morgan fingerprint density at radius 2 is 1.69 bits per heavy atom. The van der Waals surface area contributed by atoms with Crippen LogP contribution in [-0.4, -0.2) is 29.9 Å². The fourth-order valence-corrected chi connectivity index (χ4v) is 5.35. The highest BCUT2D eigenvalue weighted by molar-refractivity contribution is 6.22. The quantitative estimate of drug-likeness (QED) is 0.283. The van der Waals surface area contributed by atoms with Crippen molar-refractivity contribution in [3.05, 3.63) is 70.3 Å². The molecule has 2 aromatic rings. The molecule has 4 amide bonds. The van der Waals surface area contributed by atoms with Gasteiger partial charge in [-0.25, -0.2) is 4.79 Å². The number of rotatable bonds is 6. The number of imide groups is 1. The van der Waals surface area contributed by atoms with Crippen molar-refractivity contribution in [3.63, 3.8) is 0 Å². The van der Waals surface area contributed by atoms with Gasteiger partial charge in [-0.3, -0.25) is 24.6 Å². The Morgan fingerprint density at radius 1 is 1.06 bits per heavy atom. The average Bonchev–Trinajstić information content (AvgIpc) is 3.16. The van der Waals surface area contributed by atoms with Crippen LogP contribution in [0.4, 0.5) is 21.9 Å². The van der Waals surface area contributed by atoms with E-state index < -0.39 is 11.0 Å². The lowest BCUT2D eigenvalue weighted by molar-refractivity contribution is -0.384. The SMILES string of the molecule is COc1ccc([N+](=O)[O-])cc1NC(=O)NCc1ccc(N2C(=O)C3C4C=CC(CC4)C3C2=O)cc1. The van der Waals surface area contributed by atoms with Gasteiger partial charge in [0.05, 0.1) is 35.2 Å². The maximum atomic E-state index is 13.1. The van der Waals surface area contributed by atoms with Crippen molar-refractivity contribution in [3.8, 4) is 5.75 Å².